The largest absolute Gasteiger partial charge is 0.480 e. The molecule has 0 saturated carbocycles. The van der Waals surface area contributed by atoms with Crippen molar-refractivity contribution in [2.75, 3.05) is 6.54 Å². The fourth-order valence-electron chi connectivity index (χ4n) is 2.37. The first-order valence-electron chi connectivity index (χ1n) is 7.81. The Labute approximate surface area is 149 Å². The molecular formula is C15H24N2O9. The second-order valence-corrected chi connectivity index (χ2v) is 5.85. The van der Waals surface area contributed by atoms with E-state index in [0.717, 1.165) is 18.7 Å². The average molecular weight is 376 g/mol. The van der Waals surface area contributed by atoms with Gasteiger partial charge < -0.3 is 25.3 Å². The van der Waals surface area contributed by atoms with E-state index in [2.05, 4.69) is 0 Å². The molecule has 148 valence electrons. The summed E-state index contributed by atoms with van der Waals surface area (Å²) in [6, 6.07) is -5.26. The first-order valence-corrected chi connectivity index (χ1v) is 7.81. The number of carbonyl (C=O) groups excluding carboxylic acids is 1. The van der Waals surface area contributed by atoms with Crippen molar-refractivity contribution >= 4 is 29.8 Å². The van der Waals surface area contributed by atoms with Crippen LogP contribution in [0, 0.1) is 0 Å². The van der Waals surface area contributed by atoms with Gasteiger partial charge in [0.15, 0.2) is 0 Å². The fourth-order valence-corrected chi connectivity index (χ4v) is 2.37. The summed E-state index contributed by atoms with van der Waals surface area (Å²) in [5.41, 5.74) is 0. The summed E-state index contributed by atoms with van der Waals surface area (Å²) in [6.45, 7) is 4.51. The molecule has 0 bridgehead atoms. The van der Waals surface area contributed by atoms with Crippen LogP contribution < -0.4 is 0 Å². The molecule has 4 N–H and O–H groups in total. The lowest BCUT2D eigenvalue weighted by molar-refractivity contribution is -0.158. The third-order valence-electron chi connectivity index (χ3n) is 4.13. The molecule has 26 heavy (non-hydrogen) atoms. The molecule has 1 amide bonds. The van der Waals surface area contributed by atoms with Gasteiger partial charge in [-0.1, -0.05) is 0 Å². The summed E-state index contributed by atoms with van der Waals surface area (Å²) >= 11 is 0. The molecular weight excluding hydrogens is 352 g/mol. The van der Waals surface area contributed by atoms with E-state index in [0.29, 0.717) is 4.90 Å². The summed E-state index contributed by atoms with van der Waals surface area (Å²) in [5.74, 6) is -6.22. The highest BCUT2D eigenvalue weighted by Crippen LogP contribution is 2.13. The van der Waals surface area contributed by atoms with E-state index in [1.54, 1.807) is 0 Å². The van der Waals surface area contributed by atoms with E-state index >= 15 is 0 Å². The predicted molar refractivity (Wildman–Crippen MR) is 86.6 cm³/mol. The Kier molecular flexibility index (Phi) is 8.70. The number of hydrogen-bond acceptors (Lipinski definition) is 6. The zero-order valence-electron chi connectivity index (χ0n) is 14.9. The molecule has 0 heterocycles. The van der Waals surface area contributed by atoms with E-state index in [4.69, 9.17) is 20.4 Å². The second kappa shape index (κ2) is 9.70. The van der Waals surface area contributed by atoms with E-state index in [1.165, 1.54) is 13.8 Å². The maximum Gasteiger partial charge on any atom is 0.326 e. The van der Waals surface area contributed by atoms with Gasteiger partial charge in [-0.2, -0.15) is 0 Å². The van der Waals surface area contributed by atoms with Crippen LogP contribution in [0.2, 0.25) is 0 Å². The van der Waals surface area contributed by atoms with Crippen molar-refractivity contribution in [1.29, 1.82) is 0 Å². The molecule has 0 saturated heterocycles. The highest BCUT2D eigenvalue weighted by atomic mass is 16.4. The topological polar surface area (TPSA) is 173 Å². The van der Waals surface area contributed by atoms with Gasteiger partial charge in [0, 0.05) is 13.0 Å². The Morgan fingerprint density at radius 1 is 0.654 bits per heavy atom. The number of hydrogen-bond donors (Lipinski definition) is 4. The summed E-state index contributed by atoms with van der Waals surface area (Å²) in [5, 5.41) is 36.3. The number of carboxylic acid groups (broad SMARTS) is 4. The van der Waals surface area contributed by atoms with Gasteiger partial charge in [-0.3, -0.25) is 19.3 Å². The third kappa shape index (κ3) is 5.99. The van der Waals surface area contributed by atoms with Gasteiger partial charge in [0.1, 0.15) is 24.2 Å². The van der Waals surface area contributed by atoms with Crippen molar-refractivity contribution in [3.05, 3.63) is 0 Å². The molecule has 0 aromatic rings. The van der Waals surface area contributed by atoms with Crippen molar-refractivity contribution in [2.24, 2.45) is 0 Å². The van der Waals surface area contributed by atoms with Gasteiger partial charge in [-0.05, 0) is 27.7 Å². The molecule has 11 nitrogen and oxygen atoms in total. The van der Waals surface area contributed by atoms with Crippen LogP contribution in [0.4, 0.5) is 0 Å². The maximum atomic E-state index is 12.4. The molecule has 0 aliphatic heterocycles. The normalized spacial score (nSPS) is 15.6. The van der Waals surface area contributed by atoms with Crippen LogP contribution in [0.5, 0.6) is 0 Å². The molecule has 4 atom stereocenters. The van der Waals surface area contributed by atoms with Gasteiger partial charge in [-0.25, -0.2) is 9.59 Å². The molecule has 2 unspecified atom stereocenters. The number of aliphatic carboxylic acids is 4. The minimum Gasteiger partial charge on any atom is -0.480 e. The Hall–Kier alpha value is -2.69. The first kappa shape index (κ1) is 23.3. The van der Waals surface area contributed by atoms with Gasteiger partial charge in [0.2, 0.25) is 5.91 Å². The second-order valence-electron chi connectivity index (χ2n) is 5.85. The van der Waals surface area contributed by atoms with E-state index in [-0.39, 0.29) is 6.54 Å². The van der Waals surface area contributed by atoms with Crippen LogP contribution in [-0.2, 0) is 24.0 Å². The quantitative estimate of drug-likeness (QED) is 0.364. The number of carboxylic acids is 4. The monoisotopic (exact) mass is 376 g/mol. The molecule has 0 aliphatic carbocycles. The van der Waals surface area contributed by atoms with E-state index < -0.39 is 60.4 Å². The minimum absolute atomic E-state index is 0.297. The highest BCUT2D eigenvalue weighted by molar-refractivity contribution is 5.88. The van der Waals surface area contributed by atoms with Crippen LogP contribution in [0.3, 0.4) is 0 Å². The smallest absolute Gasteiger partial charge is 0.326 e. The first-order chi connectivity index (χ1) is 11.8. The van der Waals surface area contributed by atoms with Crippen LogP contribution in [0.15, 0.2) is 0 Å². The number of rotatable bonds is 11. The Morgan fingerprint density at radius 3 is 1.23 bits per heavy atom. The molecule has 0 aromatic heterocycles. The molecule has 0 aromatic carbocycles. The molecule has 0 rings (SSSR count). The number of amides is 1. The van der Waals surface area contributed by atoms with Gasteiger partial charge in [-0.15, -0.1) is 0 Å². The van der Waals surface area contributed by atoms with Crippen molar-refractivity contribution < 1.29 is 44.4 Å². The van der Waals surface area contributed by atoms with E-state index in [9.17, 15) is 24.0 Å². The Balaban J connectivity index is 5.43. The lowest BCUT2D eigenvalue weighted by atomic mass is 10.1. The summed E-state index contributed by atoms with van der Waals surface area (Å²) in [4.78, 5) is 58.7. The maximum absolute atomic E-state index is 12.4. The third-order valence-corrected chi connectivity index (χ3v) is 4.13. The summed E-state index contributed by atoms with van der Waals surface area (Å²) in [7, 11) is 0. The fraction of sp³-hybridized carbons (Fsp3) is 0.667. The summed E-state index contributed by atoms with van der Waals surface area (Å²) in [6.07, 6.45) is -0.440. The minimum atomic E-state index is -1.42. The molecule has 0 aliphatic rings. The standard InChI is InChI=1S/C15H24N2O9/c1-7(12(19)20)16(8(2)13(21)22)6-5-11(18)17(9(3)14(23)24)10(4)15(25)26/h7-10H,5-6H2,1-4H3,(H,19,20)(H,21,22)(H,23,24)(H,25,26)/t7-,8?,9-,10?/m0/s1. The van der Waals surface area contributed by atoms with Crippen LogP contribution in [0.1, 0.15) is 34.1 Å². The van der Waals surface area contributed by atoms with Gasteiger partial charge in [0.05, 0.1) is 0 Å². The average Bonchev–Trinajstić information content (AvgIpc) is 2.53. The lowest BCUT2D eigenvalue weighted by Crippen LogP contribution is -2.53. The Morgan fingerprint density at radius 2 is 0.962 bits per heavy atom. The van der Waals surface area contributed by atoms with E-state index in [1.807, 2.05) is 0 Å². The van der Waals surface area contributed by atoms with Crippen molar-refractivity contribution in [2.45, 2.75) is 58.3 Å². The SMILES string of the molecule is CC(C(=O)O)N(CCC(=O)N(C(C)C(=O)O)[C@@H](C)C(=O)O)[C@@H](C)C(=O)O. The van der Waals surface area contributed by atoms with Crippen LogP contribution >= 0.6 is 0 Å². The number of nitrogens with zero attached hydrogens (tertiary/aromatic N) is 2. The lowest BCUT2D eigenvalue weighted by Gasteiger charge is -2.33. The van der Waals surface area contributed by atoms with Crippen LogP contribution in [0.25, 0.3) is 0 Å². The predicted octanol–water partition coefficient (Wildman–Crippen LogP) is -0.600. The van der Waals surface area contributed by atoms with Gasteiger partial charge >= 0.3 is 23.9 Å². The van der Waals surface area contributed by atoms with Crippen LogP contribution in [-0.4, -0.2) is 90.7 Å². The van der Waals surface area contributed by atoms with Crippen molar-refractivity contribution in [3.63, 3.8) is 0 Å². The summed E-state index contributed by atoms with van der Waals surface area (Å²) < 4.78 is 0. The highest BCUT2D eigenvalue weighted by Gasteiger charge is 2.35. The zero-order chi connectivity index (χ0) is 20.8. The van der Waals surface area contributed by atoms with Crippen molar-refractivity contribution in [3.8, 4) is 0 Å². The van der Waals surface area contributed by atoms with Crippen molar-refractivity contribution in [1.82, 2.24) is 9.80 Å². The number of carbonyl (C=O) groups is 5. The Bertz CT molecular complexity index is 537. The molecule has 0 fully saturated rings. The zero-order valence-corrected chi connectivity index (χ0v) is 14.9. The molecule has 0 spiro atoms. The molecule has 11 heteroatoms. The molecule has 0 radical (unpaired) electrons. The van der Waals surface area contributed by atoms with Gasteiger partial charge in [0.25, 0.3) is 0 Å².